The lowest BCUT2D eigenvalue weighted by atomic mass is 9.93. The molecule has 8 nitrogen and oxygen atoms in total. The topological polar surface area (TPSA) is 108 Å². The van der Waals surface area contributed by atoms with Crippen LogP contribution in [0.15, 0.2) is 61.1 Å². The fourth-order valence-corrected chi connectivity index (χ4v) is 4.47. The maximum absolute atomic E-state index is 9.80. The van der Waals surface area contributed by atoms with Crippen LogP contribution in [0.1, 0.15) is 31.2 Å². The molecule has 0 bridgehead atoms. The van der Waals surface area contributed by atoms with E-state index in [-0.39, 0.29) is 12.1 Å². The lowest BCUT2D eigenvalue weighted by molar-refractivity contribution is 0.126. The first-order chi connectivity index (χ1) is 16.7. The van der Waals surface area contributed by atoms with Gasteiger partial charge in [-0.3, -0.25) is 0 Å². The molecule has 0 spiro atoms. The van der Waals surface area contributed by atoms with Crippen molar-refractivity contribution in [2.45, 2.75) is 37.8 Å². The zero-order valence-electron chi connectivity index (χ0n) is 18.9. The summed E-state index contributed by atoms with van der Waals surface area (Å²) in [7, 11) is 1.64. The van der Waals surface area contributed by atoms with Crippen LogP contribution < -0.4 is 15.4 Å². The molecule has 0 amide bonds. The number of aliphatic hydroxyl groups is 1. The van der Waals surface area contributed by atoms with Crippen molar-refractivity contribution in [2.75, 3.05) is 17.7 Å². The number of fused-ring (bicyclic) bond motifs is 1. The molecule has 1 aliphatic rings. The summed E-state index contributed by atoms with van der Waals surface area (Å²) in [5.74, 6) is 1.41. The molecule has 0 atom stereocenters. The van der Waals surface area contributed by atoms with Crippen LogP contribution in [0, 0.1) is 11.3 Å². The van der Waals surface area contributed by atoms with Gasteiger partial charge in [0, 0.05) is 17.9 Å². The van der Waals surface area contributed by atoms with Crippen LogP contribution in [0.2, 0.25) is 0 Å². The van der Waals surface area contributed by atoms with E-state index in [1.807, 2.05) is 59.3 Å². The van der Waals surface area contributed by atoms with Crippen molar-refractivity contribution < 1.29 is 9.84 Å². The number of nitrogens with zero attached hydrogens (tertiary/aromatic N) is 4. The van der Waals surface area contributed by atoms with Crippen LogP contribution in [0.5, 0.6) is 5.75 Å². The Labute approximate surface area is 197 Å². The second-order valence-corrected chi connectivity index (χ2v) is 8.46. The van der Waals surface area contributed by atoms with Crippen molar-refractivity contribution in [2.24, 2.45) is 0 Å². The zero-order valence-corrected chi connectivity index (χ0v) is 18.9. The maximum Gasteiger partial charge on any atom is 0.150 e. The number of hydrogen-bond donors (Lipinski definition) is 3. The van der Waals surface area contributed by atoms with Gasteiger partial charge in [0.1, 0.15) is 29.6 Å². The number of nitriles is 1. The predicted octanol–water partition coefficient (Wildman–Crippen LogP) is 4.76. The Morgan fingerprint density at radius 3 is 2.68 bits per heavy atom. The van der Waals surface area contributed by atoms with Crippen LogP contribution in [0.3, 0.4) is 0 Å². The van der Waals surface area contributed by atoms with E-state index in [1.165, 1.54) is 6.33 Å². The highest BCUT2D eigenvalue weighted by Gasteiger charge is 2.20. The Kier molecular flexibility index (Phi) is 6.02. The monoisotopic (exact) mass is 454 g/mol. The SMILES string of the molecule is COc1ccccc1Nc1ncnc2c1ccn2-c1ccc(C#N)c(NC2CCC(O)CC2)c1. The van der Waals surface area contributed by atoms with Gasteiger partial charge < -0.3 is 25.0 Å². The van der Waals surface area contributed by atoms with E-state index >= 15 is 0 Å². The number of ether oxygens (including phenoxy) is 1. The first kappa shape index (κ1) is 21.7. The van der Waals surface area contributed by atoms with Crippen molar-refractivity contribution in [3.05, 3.63) is 66.6 Å². The van der Waals surface area contributed by atoms with Crippen LogP contribution in [0.25, 0.3) is 16.7 Å². The molecule has 3 N–H and O–H groups in total. The standard InChI is InChI=1S/C26H26N6O2/c1-34-24-5-3-2-4-22(24)31-25-21-12-13-32(26(21)29-16-28-25)19-9-6-17(15-27)23(14-19)30-18-7-10-20(33)11-8-18/h2-6,9,12-14,16,18,20,30,33H,7-8,10-11H2,1H3,(H,28,29,31). The molecular formula is C26H26N6O2. The van der Waals surface area contributed by atoms with Crippen molar-refractivity contribution in [1.82, 2.24) is 14.5 Å². The molecule has 34 heavy (non-hydrogen) atoms. The molecule has 0 aliphatic heterocycles. The summed E-state index contributed by atoms with van der Waals surface area (Å²) < 4.78 is 7.44. The molecule has 0 unspecified atom stereocenters. The summed E-state index contributed by atoms with van der Waals surface area (Å²) in [5.41, 5.74) is 3.86. The number of aliphatic hydroxyl groups excluding tert-OH is 1. The van der Waals surface area contributed by atoms with Crippen molar-refractivity contribution in [3.8, 4) is 17.5 Å². The van der Waals surface area contributed by atoms with E-state index in [0.717, 1.165) is 59.5 Å². The van der Waals surface area contributed by atoms with E-state index in [0.29, 0.717) is 11.4 Å². The first-order valence-corrected chi connectivity index (χ1v) is 11.4. The van der Waals surface area contributed by atoms with Gasteiger partial charge in [0.25, 0.3) is 0 Å². The smallest absolute Gasteiger partial charge is 0.150 e. The summed E-state index contributed by atoms with van der Waals surface area (Å²) in [4.78, 5) is 8.97. The van der Waals surface area contributed by atoms with Gasteiger partial charge in [-0.2, -0.15) is 5.26 Å². The van der Waals surface area contributed by atoms with Crippen LogP contribution >= 0.6 is 0 Å². The Bertz CT molecular complexity index is 1350. The number of hydrogen-bond acceptors (Lipinski definition) is 7. The minimum absolute atomic E-state index is 0.218. The van der Waals surface area contributed by atoms with Crippen molar-refractivity contribution in [3.63, 3.8) is 0 Å². The molecular weight excluding hydrogens is 428 g/mol. The van der Waals surface area contributed by atoms with E-state index in [4.69, 9.17) is 4.74 Å². The molecule has 2 aromatic heterocycles. The van der Waals surface area contributed by atoms with Gasteiger partial charge in [-0.1, -0.05) is 12.1 Å². The average Bonchev–Trinajstić information content (AvgIpc) is 3.31. The van der Waals surface area contributed by atoms with E-state index in [2.05, 4.69) is 26.7 Å². The number of anilines is 3. The number of aromatic nitrogens is 3. The number of nitrogens with one attached hydrogen (secondary N) is 2. The van der Waals surface area contributed by atoms with Gasteiger partial charge >= 0.3 is 0 Å². The number of para-hydroxylation sites is 2. The van der Waals surface area contributed by atoms with Crippen LogP contribution in [0.4, 0.5) is 17.2 Å². The number of methoxy groups -OCH3 is 1. The van der Waals surface area contributed by atoms with Gasteiger partial charge in [0.15, 0.2) is 0 Å². The minimum atomic E-state index is -0.218. The molecule has 1 aliphatic carbocycles. The van der Waals surface area contributed by atoms with E-state index < -0.39 is 0 Å². The van der Waals surface area contributed by atoms with E-state index in [9.17, 15) is 10.4 Å². The molecule has 5 rings (SSSR count). The molecule has 2 heterocycles. The molecule has 2 aromatic carbocycles. The van der Waals surface area contributed by atoms with Gasteiger partial charge in [-0.25, -0.2) is 9.97 Å². The minimum Gasteiger partial charge on any atom is -0.495 e. The number of benzene rings is 2. The molecule has 4 aromatic rings. The highest BCUT2D eigenvalue weighted by molar-refractivity contribution is 5.91. The third-order valence-electron chi connectivity index (χ3n) is 6.30. The maximum atomic E-state index is 9.80. The summed E-state index contributed by atoms with van der Waals surface area (Å²) in [5, 5.41) is 27.2. The molecule has 1 fully saturated rings. The fourth-order valence-electron chi connectivity index (χ4n) is 4.47. The molecule has 0 saturated heterocycles. The summed E-state index contributed by atoms with van der Waals surface area (Å²) in [6.07, 6.45) is 6.59. The lowest BCUT2D eigenvalue weighted by Crippen LogP contribution is -2.28. The largest absolute Gasteiger partial charge is 0.495 e. The third kappa shape index (κ3) is 4.26. The quantitative estimate of drug-likeness (QED) is 0.385. The first-order valence-electron chi connectivity index (χ1n) is 11.4. The third-order valence-corrected chi connectivity index (χ3v) is 6.30. The highest BCUT2D eigenvalue weighted by Crippen LogP contribution is 2.32. The lowest BCUT2D eigenvalue weighted by Gasteiger charge is -2.27. The summed E-state index contributed by atoms with van der Waals surface area (Å²) >= 11 is 0. The van der Waals surface area contributed by atoms with Gasteiger partial charge in [0.2, 0.25) is 0 Å². The Morgan fingerprint density at radius 1 is 1.06 bits per heavy atom. The second kappa shape index (κ2) is 9.41. The molecule has 8 heteroatoms. The average molecular weight is 455 g/mol. The van der Waals surface area contributed by atoms with E-state index in [1.54, 1.807) is 7.11 Å². The Hall–Kier alpha value is -4.09. The molecule has 172 valence electrons. The highest BCUT2D eigenvalue weighted by atomic mass is 16.5. The Balaban J connectivity index is 1.48. The summed E-state index contributed by atoms with van der Waals surface area (Å²) in [6, 6.07) is 17.9. The normalized spacial score (nSPS) is 17.8. The molecule has 0 radical (unpaired) electrons. The van der Waals surface area contributed by atoms with Crippen molar-refractivity contribution in [1.29, 1.82) is 5.26 Å². The van der Waals surface area contributed by atoms with Gasteiger partial charge in [-0.15, -0.1) is 0 Å². The van der Waals surface area contributed by atoms with Crippen LogP contribution in [-0.4, -0.2) is 38.9 Å². The molecule has 1 saturated carbocycles. The Morgan fingerprint density at radius 2 is 1.88 bits per heavy atom. The van der Waals surface area contributed by atoms with Gasteiger partial charge in [0.05, 0.1) is 35.5 Å². The summed E-state index contributed by atoms with van der Waals surface area (Å²) in [6.45, 7) is 0. The second-order valence-electron chi connectivity index (χ2n) is 8.46. The van der Waals surface area contributed by atoms with Crippen LogP contribution in [-0.2, 0) is 0 Å². The van der Waals surface area contributed by atoms with Crippen molar-refractivity contribution >= 4 is 28.2 Å². The predicted molar refractivity (Wildman–Crippen MR) is 132 cm³/mol. The number of rotatable bonds is 6. The fraction of sp³-hybridized carbons (Fsp3) is 0.269. The zero-order chi connectivity index (χ0) is 23.5. The van der Waals surface area contributed by atoms with Gasteiger partial charge in [-0.05, 0) is 62.1 Å².